The molecule has 1 aliphatic heterocycles. The maximum Gasteiger partial charge on any atom is 0.127 e. The zero-order valence-corrected chi connectivity index (χ0v) is 12.9. The third kappa shape index (κ3) is 2.98. The number of benzene rings is 1. The Morgan fingerprint density at radius 2 is 2.14 bits per heavy atom. The molecule has 1 atom stereocenters. The lowest BCUT2D eigenvalue weighted by Gasteiger charge is -2.36. The van der Waals surface area contributed by atoms with E-state index in [0.717, 1.165) is 25.4 Å². The number of hydrogen-bond donors (Lipinski definition) is 1. The van der Waals surface area contributed by atoms with E-state index in [1.807, 2.05) is 6.26 Å². The summed E-state index contributed by atoms with van der Waals surface area (Å²) in [5, 5.41) is 3.38. The summed E-state index contributed by atoms with van der Waals surface area (Å²) < 4.78 is 5.75. The van der Waals surface area contributed by atoms with Gasteiger partial charge in [0.15, 0.2) is 0 Å². The molecule has 2 aromatic rings. The summed E-state index contributed by atoms with van der Waals surface area (Å²) in [6, 6.07) is 11.4. The summed E-state index contributed by atoms with van der Waals surface area (Å²) in [7, 11) is 0. The number of hydrogen-bond acceptors (Lipinski definition) is 3. The van der Waals surface area contributed by atoms with Gasteiger partial charge in [0.25, 0.3) is 0 Å². The van der Waals surface area contributed by atoms with Gasteiger partial charge in [-0.3, -0.25) is 0 Å². The lowest BCUT2D eigenvalue weighted by molar-refractivity contribution is 0.468. The average Bonchev–Trinajstić information content (AvgIpc) is 2.95. The van der Waals surface area contributed by atoms with Gasteiger partial charge in [-0.05, 0) is 44.0 Å². The highest BCUT2D eigenvalue weighted by Gasteiger charge is 2.24. The fourth-order valence-electron chi connectivity index (χ4n) is 3.08. The van der Waals surface area contributed by atoms with Crippen LogP contribution in [-0.4, -0.2) is 12.6 Å². The molecule has 0 fully saturated rings. The SMILES string of the molecule is CCNCc1ccoc1CN1c2ccccc2CCC1C. The predicted octanol–water partition coefficient (Wildman–Crippen LogP) is 3.73. The van der Waals surface area contributed by atoms with Crippen molar-refractivity contribution in [3.05, 3.63) is 53.5 Å². The molecular weight excluding hydrogens is 260 g/mol. The van der Waals surface area contributed by atoms with Crippen molar-refractivity contribution in [2.75, 3.05) is 11.4 Å². The van der Waals surface area contributed by atoms with Gasteiger partial charge in [0.2, 0.25) is 0 Å². The fraction of sp³-hybridized carbons (Fsp3) is 0.444. The van der Waals surface area contributed by atoms with Crippen molar-refractivity contribution in [3.63, 3.8) is 0 Å². The Balaban J connectivity index is 1.83. The van der Waals surface area contributed by atoms with Crippen molar-refractivity contribution >= 4 is 5.69 Å². The van der Waals surface area contributed by atoms with Crippen LogP contribution < -0.4 is 10.2 Å². The predicted molar refractivity (Wildman–Crippen MR) is 86.5 cm³/mol. The Morgan fingerprint density at radius 3 is 3.00 bits per heavy atom. The van der Waals surface area contributed by atoms with Gasteiger partial charge >= 0.3 is 0 Å². The summed E-state index contributed by atoms with van der Waals surface area (Å²) in [6.45, 7) is 7.15. The molecule has 0 radical (unpaired) electrons. The molecule has 0 aliphatic carbocycles. The topological polar surface area (TPSA) is 28.4 Å². The molecule has 0 saturated carbocycles. The Kier molecular flexibility index (Phi) is 4.30. The van der Waals surface area contributed by atoms with Gasteiger partial charge in [0, 0.05) is 23.8 Å². The van der Waals surface area contributed by atoms with Crippen LogP contribution in [0.25, 0.3) is 0 Å². The first-order valence-electron chi connectivity index (χ1n) is 7.90. The number of nitrogens with one attached hydrogen (secondary N) is 1. The van der Waals surface area contributed by atoms with Crippen LogP contribution in [0.3, 0.4) is 0 Å². The van der Waals surface area contributed by atoms with Gasteiger partial charge in [-0.2, -0.15) is 0 Å². The number of rotatable bonds is 5. The van der Waals surface area contributed by atoms with Crippen molar-refractivity contribution in [1.29, 1.82) is 0 Å². The number of anilines is 1. The zero-order chi connectivity index (χ0) is 14.7. The molecule has 0 spiro atoms. The number of nitrogens with zero attached hydrogens (tertiary/aromatic N) is 1. The molecule has 1 aromatic carbocycles. The summed E-state index contributed by atoms with van der Waals surface area (Å²) in [5.41, 5.74) is 4.09. The van der Waals surface area contributed by atoms with Gasteiger partial charge in [-0.15, -0.1) is 0 Å². The van der Waals surface area contributed by atoms with Crippen LogP contribution in [0.2, 0.25) is 0 Å². The summed E-state index contributed by atoms with van der Waals surface area (Å²) in [6.07, 6.45) is 4.19. The normalized spacial score (nSPS) is 17.8. The Bertz CT molecular complexity index is 590. The maximum atomic E-state index is 5.75. The summed E-state index contributed by atoms with van der Waals surface area (Å²) in [4.78, 5) is 2.48. The van der Waals surface area contributed by atoms with E-state index in [9.17, 15) is 0 Å². The first kappa shape index (κ1) is 14.2. The minimum atomic E-state index is 0.553. The van der Waals surface area contributed by atoms with Crippen molar-refractivity contribution in [2.24, 2.45) is 0 Å². The van der Waals surface area contributed by atoms with E-state index in [1.54, 1.807) is 0 Å². The van der Waals surface area contributed by atoms with Crippen molar-refractivity contribution in [2.45, 2.75) is 45.8 Å². The third-order valence-corrected chi connectivity index (χ3v) is 4.38. The lowest BCUT2D eigenvalue weighted by atomic mass is 9.96. The van der Waals surface area contributed by atoms with Crippen LogP contribution in [-0.2, 0) is 19.5 Å². The molecule has 0 saturated heterocycles. The highest BCUT2D eigenvalue weighted by molar-refractivity contribution is 5.56. The van der Waals surface area contributed by atoms with E-state index in [1.165, 1.54) is 29.7 Å². The van der Waals surface area contributed by atoms with Gasteiger partial charge in [0.05, 0.1) is 12.8 Å². The maximum absolute atomic E-state index is 5.75. The number of fused-ring (bicyclic) bond motifs is 1. The molecular formula is C18H24N2O. The van der Waals surface area contributed by atoms with Crippen molar-refractivity contribution < 1.29 is 4.42 Å². The van der Waals surface area contributed by atoms with E-state index >= 15 is 0 Å². The van der Waals surface area contributed by atoms with Gasteiger partial charge in [-0.1, -0.05) is 25.1 Å². The fourth-order valence-corrected chi connectivity index (χ4v) is 3.08. The molecule has 1 aliphatic rings. The minimum absolute atomic E-state index is 0.553. The van der Waals surface area contributed by atoms with Gasteiger partial charge < -0.3 is 14.6 Å². The minimum Gasteiger partial charge on any atom is -0.467 e. The first-order valence-corrected chi connectivity index (χ1v) is 7.90. The van der Waals surface area contributed by atoms with Crippen molar-refractivity contribution in [1.82, 2.24) is 5.32 Å². The van der Waals surface area contributed by atoms with E-state index < -0.39 is 0 Å². The van der Waals surface area contributed by atoms with Gasteiger partial charge in [-0.25, -0.2) is 0 Å². The first-order chi connectivity index (χ1) is 10.3. The highest BCUT2D eigenvalue weighted by Crippen LogP contribution is 2.32. The smallest absolute Gasteiger partial charge is 0.127 e. The second-order valence-corrected chi connectivity index (χ2v) is 5.79. The van der Waals surface area contributed by atoms with Crippen molar-refractivity contribution in [3.8, 4) is 0 Å². The lowest BCUT2D eigenvalue weighted by Crippen LogP contribution is -2.36. The second-order valence-electron chi connectivity index (χ2n) is 5.79. The van der Waals surface area contributed by atoms with E-state index in [0.29, 0.717) is 6.04 Å². The summed E-state index contributed by atoms with van der Waals surface area (Å²) >= 11 is 0. The Labute approximate surface area is 127 Å². The molecule has 2 heterocycles. The molecule has 21 heavy (non-hydrogen) atoms. The van der Waals surface area contributed by atoms with E-state index in [-0.39, 0.29) is 0 Å². The van der Waals surface area contributed by atoms with Crippen LogP contribution in [0, 0.1) is 0 Å². The number of para-hydroxylation sites is 1. The average molecular weight is 284 g/mol. The molecule has 3 nitrogen and oxygen atoms in total. The van der Waals surface area contributed by atoms with Crippen LogP contribution >= 0.6 is 0 Å². The highest BCUT2D eigenvalue weighted by atomic mass is 16.3. The Morgan fingerprint density at radius 1 is 1.29 bits per heavy atom. The van der Waals surface area contributed by atoms with E-state index in [2.05, 4.69) is 54.4 Å². The quantitative estimate of drug-likeness (QED) is 0.907. The van der Waals surface area contributed by atoms with Crippen LogP contribution in [0.5, 0.6) is 0 Å². The number of aryl methyl sites for hydroxylation is 1. The Hall–Kier alpha value is -1.74. The van der Waals surface area contributed by atoms with Gasteiger partial charge in [0.1, 0.15) is 5.76 Å². The van der Waals surface area contributed by atoms with E-state index in [4.69, 9.17) is 4.42 Å². The zero-order valence-electron chi connectivity index (χ0n) is 12.9. The van der Waals surface area contributed by atoms with Crippen LogP contribution in [0.4, 0.5) is 5.69 Å². The second kappa shape index (κ2) is 6.35. The molecule has 0 amide bonds. The molecule has 112 valence electrons. The molecule has 1 unspecified atom stereocenters. The molecule has 1 N–H and O–H groups in total. The summed E-state index contributed by atoms with van der Waals surface area (Å²) in [5.74, 6) is 1.08. The molecule has 1 aromatic heterocycles. The largest absolute Gasteiger partial charge is 0.467 e. The van der Waals surface area contributed by atoms with Crippen LogP contribution in [0.15, 0.2) is 41.0 Å². The van der Waals surface area contributed by atoms with Crippen LogP contribution in [0.1, 0.15) is 37.2 Å². The molecule has 3 heteroatoms. The number of furan rings is 1. The third-order valence-electron chi connectivity index (χ3n) is 4.38. The monoisotopic (exact) mass is 284 g/mol. The standard InChI is InChI=1S/C18H24N2O/c1-3-19-12-16-10-11-21-18(16)13-20-14(2)8-9-15-6-4-5-7-17(15)20/h4-7,10-11,14,19H,3,8-9,12-13H2,1-2H3. The molecule has 3 rings (SSSR count). The molecule has 0 bridgehead atoms.